The summed E-state index contributed by atoms with van der Waals surface area (Å²) in [6.07, 6.45) is 1.74. The van der Waals surface area contributed by atoms with E-state index in [1.54, 1.807) is 11.1 Å². The Bertz CT molecular complexity index is 691. The van der Waals surface area contributed by atoms with Crippen LogP contribution in [0.15, 0.2) is 28.9 Å². The summed E-state index contributed by atoms with van der Waals surface area (Å²) in [5.74, 6) is 0.127. The zero-order valence-electron chi connectivity index (χ0n) is 10.9. The van der Waals surface area contributed by atoms with E-state index < -0.39 is 0 Å². The van der Waals surface area contributed by atoms with Crippen LogP contribution in [0, 0.1) is 0 Å². The summed E-state index contributed by atoms with van der Waals surface area (Å²) >= 11 is 9.70. The lowest BCUT2D eigenvalue weighted by Gasteiger charge is -2.34. The van der Waals surface area contributed by atoms with Gasteiger partial charge in [-0.3, -0.25) is 9.78 Å². The summed E-state index contributed by atoms with van der Waals surface area (Å²) < 4.78 is 0.907. The van der Waals surface area contributed by atoms with Crippen molar-refractivity contribution in [1.82, 2.24) is 9.88 Å². The van der Waals surface area contributed by atoms with Crippen LogP contribution in [0.5, 0.6) is 0 Å². The first kappa shape index (κ1) is 13.6. The fourth-order valence-electron chi connectivity index (χ4n) is 2.40. The fraction of sp³-hybridized carbons (Fsp3) is 0.286. The van der Waals surface area contributed by atoms with Gasteiger partial charge in [0, 0.05) is 41.9 Å². The minimum atomic E-state index is 0.127. The molecule has 0 radical (unpaired) electrons. The van der Waals surface area contributed by atoms with Crippen LogP contribution in [0.3, 0.4) is 0 Å². The van der Waals surface area contributed by atoms with Crippen molar-refractivity contribution in [2.75, 3.05) is 31.6 Å². The van der Waals surface area contributed by atoms with Crippen LogP contribution >= 0.6 is 27.5 Å². The van der Waals surface area contributed by atoms with E-state index in [2.05, 4.69) is 25.8 Å². The Labute approximate surface area is 130 Å². The number of fused-ring (bicyclic) bond motifs is 1. The Hall–Kier alpha value is -1.33. The lowest BCUT2D eigenvalue weighted by Crippen LogP contribution is -2.48. The van der Waals surface area contributed by atoms with Crippen molar-refractivity contribution in [2.45, 2.75) is 0 Å². The molecule has 0 saturated carbocycles. The number of carbonyl (C=O) groups excluding carboxylic acids is 1. The highest BCUT2D eigenvalue weighted by atomic mass is 79.9. The van der Waals surface area contributed by atoms with Crippen molar-refractivity contribution in [3.8, 4) is 0 Å². The first-order valence-corrected chi connectivity index (χ1v) is 7.46. The van der Waals surface area contributed by atoms with E-state index in [1.165, 1.54) is 0 Å². The van der Waals surface area contributed by atoms with Gasteiger partial charge in [0.05, 0.1) is 17.1 Å². The first-order chi connectivity index (χ1) is 9.56. The van der Waals surface area contributed by atoms with Gasteiger partial charge in [-0.1, -0.05) is 27.5 Å². The molecule has 2 aromatic rings. The molecule has 104 valence electrons. The maximum Gasteiger partial charge on any atom is 0.241 e. The van der Waals surface area contributed by atoms with E-state index in [9.17, 15) is 4.79 Å². The fourth-order valence-corrected chi connectivity index (χ4v) is 3.26. The second kappa shape index (κ2) is 5.22. The summed E-state index contributed by atoms with van der Waals surface area (Å²) in [5.41, 5.74) is 1.76. The molecule has 0 unspecified atom stereocenters. The van der Waals surface area contributed by atoms with Gasteiger partial charge in [-0.15, -0.1) is 0 Å². The molecule has 0 bridgehead atoms. The van der Waals surface area contributed by atoms with Gasteiger partial charge < -0.3 is 9.80 Å². The van der Waals surface area contributed by atoms with E-state index in [4.69, 9.17) is 11.6 Å². The van der Waals surface area contributed by atoms with Gasteiger partial charge in [0.1, 0.15) is 0 Å². The third kappa shape index (κ3) is 2.36. The largest absolute Gasteiger partial charge is 0.360 e. The van der Waals surface area contributed by atoms with Gasteiger partial charge in [0.25, 0.3) is 0 Å². The molecule has 1 saturated heterocycles. The molecule has 1 aliphatic rings. The van der Waals surface area contributed by atoms with E-state index >= 15 is 0 Å². The molecule has 6 heteroatoms. The van der Waals surface area contributed by atoms with E-state index in [-0.39, 0.29) is 5.91 Å². The molecule has 2 heterocycles. The molecular weight excluding hydrogens is 342 g/mol. The lowest BCUT2D eigenvalue weighted by molar-refractivity contribution is -0.129. The Morgan fingerprint density at radius 3 is 2.90 bits per heavy atom. The zero-order valence-corrected chi connectivity index (χ0v) is 13.3. The monoisotopic (exact) mass is 353 g/mol. The number of anilines is 1. The van der Waals surface area contributed by atoms with Crippen LogP contribution in [-0.4, -0.2) is 42.5 Å². The third-order valence-electron chi connectivity index (χ3n) is 3.54. The molecule has 1 aromatic carbocycles. The number of hydrogen-bond donors (Lipinski definition) is 0. The van der Waals surface area contributed by atoms with Crippen LogP contribution in [0.2, 0.25) is 5.02 Å². The number of nitrogens with zero attached hydrogens (tertiary/aromatic N) is 3. The average Bonchev–Trinajstić information content (AvgIpc) is 2.41. The van der Waals surface area contributed by atoms with Crippen LogP contribution in [0.25, 0.3) is 10.9 Å². The predicted octanol–water partition coefficient (Wildman–Crippen LogP) is 2.93. The van der Waals surface area contributed by atoms with Crippen molar-refractivity contribution in [2.24, 2.45) is 0 Å². The zero-order chi connectivity index (χ0) is 14.3. The Morgan fingerprint density at radius 2 is 2.15 bits per heavy atom. The molecule has 20 heavy (non-hydrogen) atoms. The number of likely N-dealkylation sites (N-methyl/N-ethyl adjacent to an activating group) is 1. The van der Waals surface area contributed by atoms with Crippen molar-refractivity contribution in [3.63, 3.8) is 0 Å². The van der Waals surface area contributed by atoms with Gasteiger partial charge in [-0.2, -0.15) is 0 Å². The molecule has 3 rings (SSSR count). The summed E-state index contributed by atoms with van der Waals surface area (Å²) in [6, 6.07) is 5.76. The van der Waals surface area contributed by atoms with E-state index in [1.807, 2.05) is 25.2 Å². The Kier molecular flexibility index (Phi) is 3.56. The molecule has 1 amide bonds. The Morgan fingerprint density at radius 1 is 1.35 bits per heavy atom. The molecule has 0 N–H and O–H groups in total. The van der Waals surface area contributed by atoms with Crippen LogP contribution < -0.4 is 4.90 Å². The number of amides is 1. The number of halogens is 2. The van der Waals surface area contributed by atoms with Gasteiger partial charge in [0.15, 0.2) is 0 Å². The minimum absolute atomic E-state index is 0.127. The summed E-state index contributed by atoms with van der Waals surface area (Å²) in [6.45, 7) is 1.93. The number of rotatable bonds is 1. The molecule has 0 aliphatic carbocycles. The number of hydrogen-bond acceptors (Lipinski definition) is 3. The molecule has 1 aromatic heterocycles. The second-order valence-corrected chi connectivity index (χ2v) is 6.17. The maximum atomic E-state index is 11.9. The standard InChI is InChI=1S/C14H13BrClN3O/c1-18-4-5-19(8-13(18)20)12-2-3-17-14-10(12)6-9(15)7-11(14)16/h2-3,6-7H,4-5,8H2,1H3. The van der Waals surface area contributed by atoms with Gasteiger partial charge in [-0.05, 0) is 18.2 Å². The van der Waals surface area contributed by atoms with Gasteiger partial charge in [-0.25, -0.2) is 0 Å². The van der Waals surface area contributed by atoms with Gasteiger partial charge in [0.2, 0.25) is 5.91 Å². The molecule has 1 fully saturated rings. The average molecular weight is 355 g/mol. The number of aromatic nitrogens is 1. The maximum absolute atomic E-state index is 11.9. The normalized spacial score (nSPS) is 16.1. The number of carbonyl (C=O) groups is 1. The molecule has 4 nitrogen and oxygen atoms in total. The van der Waals surface area contributed by atoms with Crippen LogP contribution in [0.4, 0.5) is 5.69 Å². The SMILES string of the molecule is CN1CCN(c2ccnc3c(Cl)cc(Br)cc23)CC1=O. The first-order valence-electron chi connectivity index (χ1n) is 6.29. The third-order valence-corrected chi connectivity index (χ3v) is 4.28. The minimum Gasteiger partial charge on any atom is -0.360 e. The Balaban J connectivity index is 2.10. The highest BCUT2D eigenvalue weighted by Gasteiger charge is 2.22. The quantitative estimate of drug-likeness (QED) is 0.790. The lowest BCUT2D eigenvalue weighted by atomic mass is 10.1. The van der Waals surface area contributed by atoms with Crippen molar-refractivity contribution < 1.29 is 4.79 Å². The van der Waals surface area contributed by atoms with Gasteiger partial charge >= 0.3 is 0 Å². The topological polar surface area (TPSA) is 36.4 Å². The smallest absolute Gasteiger partial charge is 0.241 e. The summed E-state index contributed by atoms with van der Waals surface area (Å²) in [4.78, 5) is 20.0. The highest BCUT2D eigenvalue weighted by Crippen LogP contribution is 2.33. The summed E-state index contributed by atoms with van der Waals surface area (Å²) in [7, 11) is 1.83. The van der Waals surface area contributed by atoms with Crippen molar-refractivity contribution in [1.29, 1.82) is 0 Å². The molecular formula is C14H13BrClN3O. The molecule has 1 aliphatic heterocycles. The number of pyridine rings is 1. The van der Waals surface area contributed by atoms with Crippen molar-refractivity contribution >= 4 is 50.0 Å². The number of benzene rings is 1. The van der Waals surface area contributed by atoms with Crippen LogP contribution in [0.1, 0.15) is 0 Å². The molecule has 0 spiro atoms. The van der Waals surface area contributed by atoms with E-state index in [0.717, 1.165) is 34.2 Å². The molecule has 0 atom stereocenters. The highest BCUT2D eigenvalue weighted by molar-refractivity contribution is 9.10. The van der Waals surface area contributed by atoms with Crippen molar-refractivity contribution in [3.05, 3.63) is 33.9 Å². The second-order valence-electron chi connectivity index (χ2n) is 4.85. The predicted molar refractivity (Wildman–Crippen MR) is 84.3 cm³/mol. The number of piperazine rings is 1. The van der Waals surface area contributed by atoms with E-state index in [0.29, 0.717) is 11.6 Å². The summed E-state index contributed by atoms with van der Waals surface area (Å²) in [5, 5.41) is 1.57. The van der Waals surface area contributed by atoms with Crippen LogP contribution in [-0.2, 0) is 4.79 Å².